The number of hydrogen-bond donors (Lipinski definition) is 2. The first-order valence-electron chi connectivity index (χ1n) is 8.80. The van der Waals surface area contributed by atoms with E-state index in [1.165, 1.54) is 5.57 Å². The molecule has 3 rings (SSSR count). The van der Waals surface area contributed by atoms with Crippen molar-refractivity contribution in [2.75, 3.05) is 18.4 Å². The maximum atomic E-state index is 12.4. The van der Waals surface area contributed by atoms with Gasteiger partial charge in [-0.3, -0.25) is 4.79 Å². The second-order valence-electron chi connectivity index (χ2n) is 6.68. The standard InChI is InChI=1S/C19H25N3O3/c1-4-16-18(23)21-15-6-5-14(11-17(15)25-16)13(3)20-19(24)22-9-7-12(2)8-10-22/h5-7,11,13,16H,4,8-10H2,1-3H3,(H,20,24)(H,21,23). The zero-order chi connectivity index (χ0) is 18.0. The lowest BCUT2D eigenvalue weighted by Crippen LogP contribution is -2.43. The van der Waals surface area contributed by atoms with E-state index >= 15 is 0 Å². The summed E-state index contributed by atoms with van der Waals surface area (Å²) in [7, 11) is 0. The average Bonchev–Trinajstić information content (AvgIpc) is 2.61. The quantitative estimate of drug-likeness (QED) is 0.828. The van der Waals surface area contributed by atoms with Gasteiger partial charge in [-0.15, -0.1) is 0 Å². The molecule has 0 aliphatic carbocycles. The van der Waals surface area contributed by atoms with Gasteiger partial charge in [-0.25, -0.2) is 4.79 Å². The SMILES string of the molecule is CCC1Oc2cc(C(C)NC(=O)N3CC=C(C)CC3)ccc2NC1=O. The number of rotatable bonds is 3. The third-order valence-electron chi connectivity index (χ3n) is 4.76. The minimum Gasteiger partial charge on any atom is -0.478 e. The van der Waals surface area contributed by atoms with E-state index in [4.69, 9.17) is 4.74 Å². The fourth-order valence-corrected chi connectivity index (χ4v) is 3.01. The predicted molar refractivity (Wildman–Crippen MR) is 96.7 cm³/mol. The Labute approximate surface area is 148 Å². The predicted octanol–water partition coefficient (Wildman–Crippen LogP) is 3.22. The third-order valence-corrected chi connectivity index (χ3v) is 4.76. The fraction of sp³-hybridized carbons (Fsp3) is 0.474. The van der Waals surface area contributed by atoms with Gasteiger partial charge in [0.05, 0.1) is 11.7 Å². The van der Waals surface area contributed by atoms with E-state index < -0.39 is 6.10 Å². The molecule has 6 nitrogen and oxygen atoms in total. The number of benzene rings is 1. The van der Waals surface area contributed by atoms with Gasteiger partial charge < -0.3 is 20.3 Å². The first-order valence-corrected chi connectivity index (χ1v) is 8.80. The van der Waals surface area contributed by atoms with E-state index in [2.05, 4.69) is 23.6 Å². The van der Waals surface area contributed by atoms with Crippen molar-refractivity contribution in [3.63, 3.8) is 0 Å². The largest absolute Gasteiger partial charge is 0.478 e. The number of ether oxygens (including phenoxy) is 1. The third kappa shape index (κ3) is 3.78. The summed E-state index contributed by atoms with van der Waals surface area (Å²) in [6.07, 6.45) is 3.17. The van der Waals surface area contributed by atoms with Gasteiger partial charge in [0.15, 0.2) is 6.10 Å². The van der Waals surface area contributed by atoms with Crippen molar-refractivity contribution in [1.82, 2.24) is 10.2 Å². The minimum absolute atomic E-state index is 0.0605. The maximum absolute atomic E-state index is 12.4. The van der Waals surface area contributed by atoms with Crippen LogP contribution in [0, 0.1) is 0 Å². The molecule has 2 atom stereocenters. The highest BCUT2D eigenvalue weighted by molar-refractivity contribution is 5.97. The highest BCUT2D eigenvalue weighted by atomic mass is 16.5. The molecule has 0 bridgehead atoms. The van der Waals surface area contributed by atoms with E-state index in [-0.39, 0.29) is 18.0 Å². The summed E-state index contributed by atoms with van der Waals surface area (Å²) in [6, 6.07) is 5.41. The molecule has 2 heterocycles. The molecular formula is C19H25N3O3. The van der Waals surface area contributed by atoms with Gasteiger partial charge >= 0.3 is 6.03 Å². The van der Waals surface area contributed by atoms with Crippen LogP contribution in [-0.4, -0.2) is 36.0 Å². The van der Waals surface area contributed by atoms with Gasteiger partial charge in [0.2, 0.25) is 0 Å². The molecular weight excluding hydrogens is 318 g/mol. The molecule has 2 aliphatic heterocycles. The van der Waals surface area contributed by atoms with Crippen molar-refractivity contribution in [3.8, 4) is 5.75 Å². The highest BCUT2D eigenvalue weighted by Crippen LogP contribution is 2.33. The normalized spacial score (nSPS) is 20.8. The smallest absolute Gasteiger partial charge is 0.318 e. The van der Waals surface area contributed by atoms with Crippen LogP contribution in [0.15, 0.2) is 29.8 Å². The molecule has 6 heteroatoms. The summed E-state index contributed by atoms with van der Waals surface area (Å²) in [5.74, 6) is 0.541. The van der Waals surface area contributed by atoms with Crippen LogP contribution in [0.1, 0.15) is 45.2 Å². The maximum Gasteiger partial charge on any atom is 0.318 e. The summed E-state index contributed by atoms with van der Waals surface area (Å²) in [5.41, 5.74) is 2.95. The summed E-state index contributed by atoms with van der Waals surface area (Å²) in [5, 5.41) is 5.89. The lowest BCUT2D eigenvalue weighted by molar-refractivity contribution is -0.123. The zero-order valence-corrected chi connectivity index (χ0v) is 15.0. The first-order chi connectivity index (χ1) is 12.0. The van der Waals surface area contributed by atoms with Crippen LogP contribution in [0.5, 0.6) is 5.75 Å². The van der Waals surface area contributed by atoms with Gasteiger partial charge in [-0.05, 0) is 44.4 Å². The minimum atomic E-state index is -0.462. The molecule has 0 saturated carbocycles. The molecule has 0 fully saturated rings. The molecule has 3 amide bonds. The van der Waals surface area contributed by atoms with Gasteiger partial charge in [-0.2, -0.15) is 0 Å². The van der Waals surface area contributed by atoms with E-state index in [1.807, 2.05) is 36.9 Å². The number of nitrogens with one attached hydrogen (secondary N) is 2. The summed E-state index contributed by atoms with van der Waals surface area (Å²) >= 11 is 0. The van der Waals surface area contributed by atoms with Crippen molar-refractivity contribution < 1.29 is 14.3 Å². The Balaban J connectivity index is 1.68. The molecule has 2 aliphatic rings. The van der Waals surface area contributed by atoms with E-state index in [0.717, 1.165) is 18.5 Å². The van der Waals surface area contributed by atoms with Crippen LogP contribution in [-0.2, 0) is 4.79 Å². The Kier molecular flexibility index (Phi) is 4.97. The van der Waals surface area contributed by atoms with Gasteiger partial charge in [0.1, 0.15) is 5.75 Å². The summed E-state index contributed by atoms with van der Waals surface area (Å²) in [4.78, 5) is 26.1. The first kappa shape index (κ1) is 17.3. The highest BCUT2D eigenvalue weighted by Gasteiger charge is 2.27. The van der Waals surface area contributed by atoms with Crippen LogP contribution in [0.3, 0.4) is 0 Å². The van der Waals surface area contributed by atoms with E-state index in [9.17, 15) is 9.59 Å². The Bertz CT molecular complexity index is 714. The Hall–Kier alpha value is -2.50. The van der Waals surface area contributed by atoms with Gasteiger partial charge in [-0.1, -0.05) is 24.6 Å². The number of anilines is 1. The Morgan fingerprint density at radius 3 is 2.96 bits per heavy atom. The molecule has 1 aromatic carbocycles. The topological polar surface area (TPSA) is 70.7 Å². The zero-order valence-electron chi connectivity index (χ0n) is 15.0. The van der Waals surface area contributed by atoms with Crippen LogP contribution in [0.4, 0.5) is 10.5 Å². The van der Waals surface area contributed by atoms with E-state index in [1.54, 1.807) is 0 Å². The van der Waals surface area contributed by atoms with Crippen LogP contribution < -0.4 is 15.4 Å². The fourth-order valence-electron chi connectivity index (χ4n) is 3.01. The van der Waals surface area contributed by atoms with Crippen molar-refractivity contribution in [2.45, 2.75) is 45.8 Å². The van der Waals surface area contributed by atoms with E-state index in [0.29, 0.717) is 24.4 Å². The molecule has 0 spiro atoms. The number of carbonyl (C=O) groups is 2. The molecule has 134 valence electrons. The molecule has 0 aromatic heterocycles. The molecule has 1 aromatic rings. The van der Waals surface area contributed by atoms with Crippen molar-refractivity contribution in [1.29, 1.82) is 0 Å². The number of amides is 3. The monoisotopic (exact) mass is 343 g/mol. The van der Waals surface area contributed by atoms with Crippen molar-refractivity contribution >= 4 is 17.6 Å². The lowest BCUT2D eigenvalue weighted by Gasteiger charge is -2.28. The molecule has 0 saturated heterocycles. The van der Waals surface area contributed by atoms with Gasteiger partial charge in [0.25, 0.3) is 5.91 Å². The second kappa shape index (κ2) is 7.17. The summed E-state index contributed by atoms with van der Waals surface area (Å²) < 4.78 is 5.77. The molecule has 0 radical (unpaired) electrons. The van der Waals surface area contributed by atoms with Crippen LogP contribution in [0.25, 0.3) is 0 Å². The second-order valence-corrected chi connectivity index (χ2v) is 6.68. The number of hydrogen-bond acceptors (Lipinski definition) is 3. The van der Waals surface area contributed by atoms with Crippen molar-refractivity contribution in [3.05, 3.63) is 35.4 Å². The number of nitrogens with zero attached hydrogens (tertiary/aromatic N) is 1. The molecule has 2 unspecified atom stereocenters. The number of urea groups is 1. The lowest BCUT2D eigenvalue weighted by atomic mass is 10.1. The Morgan fingerprint density at radius 1 is 1.48 bits per heavy atom. The number of carbonyl (C=O) groups excluding carboxylic acids is 2. The average molecular weight is 343 g/mol. The summed E-state index contributed by atoms with van der Waals surface area (Å²) in [6.45, 7) is 7.35. The van der Waals surface area contributed by atoms with Crippen molar-refractivity contribution in [2.24, 2.45) is 0 Å². The number of fused-ring (bicyclic) bond motifs is 1. The van der Waals surface area contributed by atoms with Crippen LogP contribution >= 0.6 is 0 Å². The molecule has 25 heavy (non-hydrogen) atoms. The molecule has 2 N–H and O–H groups in total. The van der Waals surface area contributed by atoms with Gasteiger partial charge in [0, 0.05) is 13.1 Å². The van der Waals surface area contributed by atoms with Crippen LogP contribution in [0.2, 0.25) is 0 Å². The Morgan fingerprint density at radius 2 is 2.28 bits per heavy atom.